The molecule has 0 saturated carbocycles. The first-order valence-electron chi connectivity index (χ1n) is 6.14. The van der Waals surface area contributed by atoms with Gasteiger partial charge >= 0.3 is 0 Å². The second-order valence-electron chi connectivity index (χ2n) is 4.22. The summed E-state index contributed by atoms with van der Waals surface area (Å²) in [4.78, 5) is 11.6. The lowest BCUT2D eigenvalue weighted by atomic mass is 10.2. The minimum atomic E-state index is -0.0344. The van der Waals surface area contributed by atoms with Crippen LogP contribution in [0.15, 0.2) is 47.0 Å². The standard InChI is InChI=1S/C15H16N2O2/c1-12-10-14(17-19-12)11-16-15(18)9-5-8-13-6-3-2-4-7-13/h2-8,10H,9,11H2,1H3,(H,16,18). The largest absolute Gasteiger partial charge is 0.361 e. The topological polar surface area (TPSA) is 55.1 Å². The van der Waals surface area contributed by atoms with Crippen LogP contribution in [-0.2, 0) is 11.3 Å². The zero-order valence-electron chi connectivity index (χ0n) is 10.8. The van der Waals surface area contributed by atoms with Gasteiger partial charge in [0.2, 0.25) is 5.91 Å². The summed E-state index contributed by atoms with van der Waals surface area (Å²) in [6.07, 6.45) is 4.13. The number of amides is 1. The van der Waals surface area contributed by atoms with Gasteiger partial charge in [-0.25, -0.2) is 0 Å². The maximum atomic E-state index is 11.6. The number of aromatic nitrogens is 1. The summed E-state index contributed by atoms with van der Waals surface area (Å²) in [6.45, 7) is 2.22. The van der Waals surface area contributed by atoms with E-state index in [9.17, 15) is 4.79 Å². The quantitative estimate of drug-likeness (QED) is 0.894. The molecule has 98 valence electrons. The normalized spacial score (nSPS) is 10.8. The molecule has 19 heavy (non-hydrogen) atoms. The number of carbonyl (C=O) groups excluding carboxylic acids is 1. The molecular formula is C15H16N2O2. The Labute approximate surface area is 112 Å². The second kappa shape index (κ2) is 6.54. The van der Waals surface area contributed by atoms with Crippen LogP contribution in [0.2, 0.25) is 0 Å². The second-order valence-corrected chi connectivity index (χ2v) is 4.22. The summed E-state index contributed by atoms with van der Waals surface area (Å²) in [5, 5.41) is 6.59. The van der Waals surface area contributed by atoms with E-state index < -0.39 is 0 Å². The minimum absolute atomic E-state index is 0.0344. The molecule has 0 spiro atoms. The van der Waals surface area contributed by atoms with Crippen molar-refractivity contribution < 1.29 is 9.32 Å². The van der Waals surface area contributed by atoms with E-state index in [0.29, 0.717) is 13.0 Å². The molecular weight excluding hydrogens is 240 g/mol. The van der Waals surface area contributed by atoms with Gasteiger partial charge in [0.05, 0.1) is 6.54 Å². The maximum absolute atomic E-state index is 11.6. The van der Waals surface area contributed by atoms with Crippen LogP contribution in [0.3, 0.4) is 0 Å². The highest BCUT2D eigenvalue weighted by atomic mass is 16.5. The molecule has 0 aliphatic carbocycles. The van der Waals surface area contributed by atoms with Gasteiger partial charge in [0.25, 0.3) is 0 Å². The Morgan fingerprint density at radius 3 is 2.84 bits per heavy atom. The van der Waals surface area contributed by atoms with Crippen molar-refractivity contribution in [1.82, 2.24) is 10.5 Å². The van der Waals surface area contributed by atoms with Crippen LogP contribution in [0.1, 0.15) is 23.4 Å². The van der Waals surface area contributed by atoms with Crippen molar-refractivity contribution >= 4 is 12.0 Å². The molecule has 0 aliphatic rings. The molecule has 0 fully saturated rings. The van der Waals surface area contributed by atoms with Gasteiger partial charge in [-0.1, -0.05) is 47.6 Å². The van der Waals surface area contributed by atoms with E-state index in [1.807, 2.05) is 49.4 Å². The molecule has 1 aromatic carbocycles. The fourth-order valence-corrected chi connectivity index (χ4v) is 1.63. The predicted molar refractivity (Wildman–Crippen MR) is 73.2 cm³/mol. The average molecular weight is 256 g/mol. The van der Waals surface area contributed by atoms with E-state index in [1.54, 1.807) is 6.07 Å². The zero-order chi connectivity index (χ0) is 13.5. The van der Waals surface area contributed by atoms with Crippen molar-refractivity contribution in [3.63, 3.8) is 0 Å². The Bertz CT molecular complexity index is 559. The number of hydrogen-bond donors (Lipinski definition) is 1. The Morgan fingerprint density at radius 2 is 2.16 bits per heavy atom. The van der Waals surface area contributed by atoms with Crippen molar-refractivity contribution in [2.75, 3.05) is 0 Å². The molecule has 2 rings (SSSR count). The van der Waals surface area contributed by atoms with E-state index in [1.165, 1.54) is 0 Å². The zero-order valence-corrected chi connectivity index (χ0v) is 10.8. The summed E-state index contributed by atoms with van der Waals surface area (Å²) in [5.41, 5.74) is 1.82. The fraction of sp³-hybridized carbons (Fsp3) is 0.200. The lowest BCUT2D eigenvalue weighted by molar-refractivity contribution is -0.120. The predicted octanol–water partition coefficient (Wildman–Crippen LogP) is 2.70. The van der Waals surface area contributed by atoms with Crippen molar-refractivity contribution in [2.24, 2.45) is 0 Å². The third kappa shape index (κ3) is 4.43. The first-order chi connectivity index (χ1) is 9.24. The number of nitrogens with one attached hydrogen (secondary N) is 1. The van der Waals surface area contributed by atoms with Crippen molar-refractivity contribution in [3.05, 3.63) is 59.5 Å². The summed E-state index contributed by atoms with van der Waals surface area (Å²) in [6, 6.07) is 11.7. The van der Waals surface area contributed by atoms with Gasteiger partial charge < -0.3 is 9.84 Å². The van der Waals surface area contributed by atoms with E-state index in [-0.39, 0.29) is 5.91 Å². The van der Waals surface area contributed by atoms with E-state index in [4.69, 9.17) is 4.52 Å². The molecule has 1 aromatic heterocycles. The molecule has 0 saturated heterocycles. The van der Waals surface area contributed by atoms with Gasteiger partial charge in [0, 0.05) is 12.5 Å². The van der Waals surface area contributed by atoms with Crippen LogP contribution < -0.4 is 5.32 Å². The maximum Gasteiger partial charge on any atom is 0.224 e. The average Bonchev–Trinajstić information content (AvgIpc) is 2.83. The molecule has 2 aromatic rings. The molecule has 1 N–H and O–H groups in total. The summed E-state index contributed by atoms with van der Waals surface area (Å²) >= 11 is 0. The van der Waals surface area contributed by atoms with Crippen LogP contribution in [0, 0.1) is 6.92 Å². The minimum Gasteiger partial charge on any atom is -0.361 e. The van der Waals surface area contributed by atoms with Crippen molar-refractivity contribution in [2.45, 2.75) is 19.9 Å². The van der Waals surface area contributed by atoms with E-state index >= 15 is 0 Å². The van der Waals surface area contributed by atoms with Gasteiger partial charge in [-0.2, -0.15) is 0 Å². The SMILES string of the molecule is Cc1cc(CNC(=O)CC=Cc2ccccc2)no1. The first kappa shape index (κ1) is 13.1. The van der Waals surface area contributed by atoms with Crippen molar-refractivity contribution in [1.29, 1.82) is 0 Å². The van der Waals surface area contributed by atoms with Crippen LogP contribution in [0.5, 0.6) is 0 Å². The summed E-state index contributed by atoms with van der Waals surface area (Å²) < 4.78 is 4.92. The number of rotatable bonds is 5. The van der Waals surface area contributed by atoms with Crippen LogP contribution >= 0.6 is 0 Å². The third-order valence-corrected chi connectivity index (χ3v) is 2.56. The van der Waals surface area contributed by atoms with E-state index in [2.05, 4.69) is 10.5 Å². The Morgan fingerprint density at radius 1 is 1.37 bits per heavy atom. The highest BCUT2D eigenvalue weighted by Crippen LogP contribution is 2.03. The van der Waals surface area contributed by atoms with Crippen LogP contribution in [0.4, 0.5) is 0 Å². The molecule has 1 amide bonds. The van der Waals surface area contributed by atoms with Gasteiger partial charge in [-0.15, -0.1) is 0 Å². The van der Waals surface area contributed by atoms with Crippen molar-refractivity contribution in [3.8, 4) is 0 Å². The van der Waals surface area contributed by atoms with Gasteiger partial charge in [0.1, 0.15) is 11.5 Å². The molecule has 4 nitrogen and oxygen atoms in total. The third-order valence-electron chi connectivity index (χ3n) is 2.56. The molecule has 0 aliphatic heterocycles. The highest BCUT2D eigenvalue weighted by Gasteiger charge is 2.02. The molecule has 0 bridgehead atoms. The molecule has 1 heterocycles. The molecule has 4 heteroatoms. The molecule has 0 atom stereocenters. The number of carbonyl (C=O) groups is 1. The van der Waals surface area contributed by atoms with Gasteiger partial charge in [0.15, 0.2) is 0 Å². The lowest BCUT2D eigenvalue weighted by Gasteiger charge is -1.99. The van der Waals surface area contributed by atoms with Crippen LogP contribution in [-0.4, -0.2) is 11.1 Å². The lowest BCUT2D eigenvalue weighted by Crippen LogP contribution is -2.21. The number of hydrogen-bond acceptors (Lipinski definition) is 3. The van der Waals surface area contributed by atoms with Crippen LogP contribution in [0.25, 0.3) is 6.08 Å². The highest BCUT2D eigenvalue weighted by molar-refractivity contribution is 5.78. The monoisotopic (exact) mass is 256 g/mol. The number of benzene rings is 1. The Balaban J connectivity index is 1.74. The molecule has 0 radical (unpaired) electrons. The Hall–Kier alpha value is -2.36. The summed E-state index contributed by atoms with van der Waals surface area (Å²) in [7, 11) is 0. The Kier molecular flexibility index (Phi) is 4.50. The van der Waals surface area contributed by atoms with Gasteiger partial charge in [-0.3, -0.25) is 4.79 Å². The number of nitrogens with zero attached hydrogens (tertiary/aromatic N) is 1. The fourth-order valence-electron chi connectivity index (χ4n) is 1.63. The summed E-state index contributed by atoms with van der Waals surface area (Å²) in [5.74, 6) is 0.709. The number of aryl methyl sites for hydroxylation is 1. The first-order valence-corrected chi connectivity index (χ1v) is 6.14. The molecule has 0 unspecified atom stereocenters. The smallest absolute Gasteiger partial charge is 0.224 e. The van der Waals surface area contributed by atoms with Gasteiger partial charge in [-0.05, 0) is 12.5 Å². The van der Waals surface area contributed by atoms with E-state index in [0.717, 1.165) is 17.0 Å².